The van der Waals surface area contributed by atoms with Gasteiger partial charge in [0.1, 0.15) is 23.1 Å². The number of amides is 1. The largest absolute Gasteiger partial charge is 0.496 e. The van der Waals surface area contributed by atoms with Gasteiger partial charge in [-0.25, -0.2) is 23.7 Å². The van der Waals surface area contributed by atoms with Gasteiger partial charge in [0.05, 0.1) is 30.8 Å². The zero-order chi connectivity index (χ0) is 28.3. The van der Waals surface area contributed by atoms with Crippen molar-refractivity contribution in [3.05, 3.63) is 77.4 Å². The summed E-state index contributed by atoms with van der Waals surface area (Å²) in [5.74, 6) is 1.79. The number of pyridine rings is 1. The van der Waals surface area contributed by atoms with Gasteiger partial charge in [-0.15, -0.1) is 0 Å². The fraction of sp³-hybridized carbons (Fsp3) is 0.310. The Labute approximate surface area is 226 Å². The van der Waals surface area contributed by atoms with E-state index in [9.17, 15) is 13.6 Å². The molecule has 0 radical (unpaired) electrons. The number of hydrogen-bond donors (Lipinski definition) is 1. The molecule has 204 valence electrons. The van der Waals surface area contributed by atoms with Gasteiger partial charge in [-0.3, -0.25) is 4.79 Å². The number of anilines is 3. The third-order valence-corrected chi connectivity index (χ3v) is 6.48. The smallest absolute Gasteiger partial charge is 0.280 e. The fourth-order valence-electron chi connectivity index (χ4n) is 4.24. The van der Waals surface area contributed by atoms with Crippen LogP contribution >= 0.6 is 0 Å². The van der Waals surface area contributed by atoms with Crippen molar-refractivity contribution in [2.45, 2.75) is 32.7 Å². The molecule has 4 rings (SSSR count). The van der Waals surface area contributed by atoms with Gasteiger partial charge in [-0.2, -0.15) is 0 Å². The van der Waals surface area contributed by atoms with Crippen molar-refractivity contribution in [1.29, 1.82) is 0 Å². The van der Waals surface area contributed by atoms with E-state index in [0.717, 1.165) is 27.8 Å². The highest BCUT2D eigenvalue weighted by molar-refractivity contribution is 5.92. The molecule has 1 amide bonds. The number of aryl methyl sites for hydroxylation is 1. The minimum Gasteiger partial charge on any atom is -0.496 e. The number of likely N-dealkylation sites (N-methyl/N-ethyl adjacent to an activating group) is 1. The summed E-state index contributed by atoms with van der Waals surface area (Å²) in [5, 5.41) is 4.11. The maximum atomic E-state index is 13.2. The Bertz CT molecular complexity index is 1490. The van der Waals surface area contributed by atoms with E-state index in [4.69, 9.17) is 4.74 Å². The average Bonchev–Trinajstić information content (AvgIpc) is 2.92. The van der Waals surface area contributed by atoms with Crippen molar-refractivity contribution < 1.29 is 18.3 Å². The van der Waals surface area contributed by atoms with Crippen molar-refractivity contribution in [2.75, 3.05) is 38.5 Å². The van der Waals surface area contributed by atoms with Crippen LogP contribution in [-0.2, 0) is 11.2 Å². The first-order chi connectivity index (χ1) is 18.6. The lowest BCUT2D eigenvalue weighted by atomic mass is 10.1. The summed E-state index contributed by atoms with van der Waals surface area (Å²) >= 11 is 0. The number of nitrogens with one attached hydrogen (secondary N) is 1. The Kier molecular flexibility index (Phi) is 8.23. The number of carbonyl (C=O) groups excluding carboxylic acids is 1. The Morgan fingerprint density at radius 3 is 2.36 bits per heavy atom. The van der Waals surface area contributed by atoms with E-state index in [1.165, 1.54) is 6.07 Å². The molecule has 8 nitrogen and oxygen atoms in total. The van der Waals surface area contributed by atoms with E-state index in [-0.39, 0.29) is 24.1 Å². The van der Waals surface area contributed by atoms with E-state index in [1.807, 2.05) is 55.3 Å². The second-order valence-electron chi connectivity index (χ2n) is 9.50. The first-order valence-corrected chi connectivity index (χ1v) is 12.5. The van der Waals surface area contributed by atoms with E-state index >= 15 is 0 Å². The third-order valence-electron chi connectivity index (χ3n) is 6.48. The lowest BCUT2D eigenvalue weighted by Crippen LogP contribution is -2.23. The molecule has 2 aromatic carbocycles. The molecular weight excluding hydrogens is 502 g/mol. The second kappa shape index (κ2) is 11.6. The summed E-state index contributed by atoms with van der Waals surface area (Å²) < 4.78 is 31.9. The summed E-state index contributed by atoms with van der Waals surface area (Å²) in [6.07, 6.45) is -2.42. The zero-order valence-electron chi connectivity index (χ0n) is 22.9. The first-order valence-electron chi connectivity index (χ1n) is 12.5. The highest BCUT2D eigenvalue weighted by Gasteiger charge is 2.17. The van der Waals surface area contributed by atoms with Gasteiger partial charge in [-0.1, -0.05) is 6.07 Å². The summed E-state index contributed by atoms with van der Waals surface area (Å²) in [5.41, 5.74) is 3.51. The molecule has 0 aliphatic heterocycles. The van der Waals surface area contributed by atoms with Crippen LogP contribution in [0, 0.1) is 6.92 Å². The molecule has 1 atom stereocenters. The van der Waals surface area contributed by atoms with E-state index in [1.54, 1.807) is 45.2 Å². The standard InChI is InChI=1S/C29H32F2N6O2/c1-17(23-8-7-9-25(35-23)28(30)31)32-29-22-16-21(10-12-24(22)33-18(2)34-29)37(5)20-11-13-26(39-6)19(14-20)15-27(38)36(3)4/h7-14,16-17,28H,15H2,1-6H3,(H,32,33,34)/t17-/m1/s1. The normalized spacial score (nSPS) is 11.9. The maximum Gasteiger partial charge on any atom is 0.280 e. The Hall–Kier alpha value is -4.34. The molecule has 0 spiro atoms. The van der Waals surface area contributed by atoms with Crippen molar-refractivity contribution in [3.8, 4) is 5.75 Å². The number of carbonyl (C=O) groups is 1. The monoisotopic (exact) mass is 534 g/mol. The Morgan fingerprint density at radius 1 is 0.974 bits per heavy atom. The van der Waals surface area contributed by atoms with Gasteiger partial charge >= 0.3 is 0 Å². The molecule has 0 aliphatic rings. The highest BCUT2D eigenvalue weighted by atomic mass is 19.3. The molecule has 0 saturated carbocycles. The zero-order valence-corrected chi connectivity index (χ0v) is 22.9. The number of benzene rings is 2. The number of rotatable bonds is 9. The van der Waals surface area contributed by atoms with Crippen molar-refractivity contribution in [3.63, 3.8) is 0 Å². The molecule has 39 heavy (non-hydrogen) atoms. The van der Waals surface area contributed by atoms with Crippen LogP contribution in [0.1, 0.15) is 42.2 Å². The van der Waals surface area contributed by atoms with Crippen LogP contribution < -0.4 is 15.0 Å². The topological polar surface area (TPSA) is 83.5 Å². The first kappa shape index (κ1) is 27.7. The third kappa shape index (κ3) is 6.22. The predicted octanol–water partition coefficient (Wildman–Crippen LogP) is 5.85. The van der Waals surface area contributed by atoms with Crippen LogP contribution in [0.3, 0.4) is 0 Å². The molecule has 2 heterocycles. The van der Waals surface area contributed by atoms with Crippen LogP contribution in [0.4, 0.5) is 26.0 Å². The lowest BCUT2D eigenvalue weighted by Gasteiger charge is -2.23. The van der Waals surface area contributed by atoms with Crippen LogP contribution in [0.15, 0.2) is 54.6 Å². The summed E-state index contributed by atoms with van der Waals surface area (Å²) in [4.78, 5) is 29.2. The molecule has 10 heteroatoms. The Balaban J connectivity index is 1.68. The number of fused-ring (bicyclic) bond motifs is 1. The number of aromatic nitrogens is 3. The number of methoxy groups -OCH3 is 1. The molecule has 0 aliphatic carbocycles. The second-order valence-corrected chi connectivity index (χ2v) is 9.50. The minimum atomic E-state index is -2.64. The average molecular weight is 535 g/mol. The quantitative estimate of drug-likeness (QED) is 0.288. The number of ether oxygens (including phenoxy) is 1. The number of hydrogen-bond acceptors (Lipinski definition) is 7. The van der Waals surface area contributed by atoms with Crippen LogP contribution in [0.25, 0.3) is 10.9 Å². The fourth-order valence-corrected chi connectivity index (χ4v) is 4.24. The minimum absolute atomic E-state index is 0.0234. The number of nitrogens with zero attached hydrogens (tertiary/aromatic N) is 5. The lowest BCUT2D eigenvalue weighted by molar-refractivity contribution is -0.127. The van der Waals surface area contributed by atoms with Crippen molar-refractivity contribution in [1.82, 2.24) is 19.9 Å². The highest BCUT2D eigenvalue weighted by Crippen LogP contribution is 2.33. The van der Waals surface area contributed by atoms with Crippen LogP contribution in [-0.4, -0.2) is 54.0 Å². The molecule has 0 bridgehead atoms. The van der Waals surface area contributed by atoms with Crippen LogP contribution in [0.2, 0.25) is 0 Å². The summed E-state index contributed by atoms with van der Waals surface area (Å²) in [7, 11) is 6.97. The van der Waals surface area contributed by atoms with Crippen LogP contribution in [0.5, 0.6) is 5.75 Å². The molecule has 4 aromatic rings. The van der Waals surface area contributed by atoms with Crippen molar-refractivity contribution >= 4 is 34.0 Å². The SMILES string of the molecule is COc1ccc(N(C)c2ccc3nc(C)nc(N[C@H](C)c4cccc(C(F)F)n4)c3c2)cc1CC(=O)N(C)C. The molecule has 1 N–H and O–H groups in total. The van der Waals surface area contributed by atoms with E-state index in [0.29, 0.717) is 23.1 Å². The van der Waals surface area contributed by atoms with E-state index < -0.39 is 6.43 Å². The number of halogens is 2. The van der Waals surface area contributed by atoms with Gasteiger partial charge in [0, 0.05) is 43.5 Å². The molecular formula is C29H32F2N6O2. The molecule has 2 aromatic heterocycles. The van der Waals surface area contributed by atoms with Gasteiger partial charge in [0.15, 0.2) is 0 Å². The van der Waals surface area contributed by atoms with E-state index in [2.05, 4.69) is 20.3 Å². The molecule has 0 saturated heterocycles. The van der Waals surface area contributed by atoms with Gasteiger partial charge in [-0.05, 0) is 62.4 Å². The molecule has 0 fully saturated rings. The molecule has 0 unspecified atom stereocenters. The summed E-state index contributed by atoms with van der Waals surface area (Å²) in [6, 6.07) is 15.8. The van der Waals surface area contributed by atoms with Crippen molar-refractivity contribution in [2.24, 2.45) is 0 Å². The maximum absolute atomic E-state index is 13.2. The number of alkyl halides is 2. The van der Waals surface area contributed by atoms with Gasteiger partial charge in [0.2, 0.25) is 5.91 Å². The van der Waals surface area contributed by atoms with Gasteiger partial charge < -0.3 is 19.9 Å². The Morgan fingerprint density at radius 2 is 1.67 bits per heavy atom. The predicted molar refractivity (Wildman–Crippen MR) is 149 cm³/mol. The summed E-state index contributed by atoms with van der Waals surface area (Å²) in [6.45, 7) is 3.66. The van der Waals surface area contributed by atoms with Gasteiger partial charge in [0.25, 0.3) is 6.43 Å².